The third kappa shape index (κ3) is 4.01. The van der Waals surface area contributed by atoms with Crippen molar-refractivity contribution in [1.82, 2.24) is 0 Å². The zero-order valence-electron chi connectivity index (χ0n) is 18.7. The number of fused-ring (bicyclic) bond motifs is 2. The molecule has 31 heavy (non-hydrogen) atoms. The number of nitrogens with zero attached hydrogens (tertiary/aromatic N) is 2. The molecule has 4 rings (SSSR count). The first-order chi connectivity index (χ1) is 14.8. The fraction of sp³-hybridized carbons (Fsp3) is 0.423. The molecule has 0 unspecified atom stereocenters. The Morgan fingerprint density at radius 2 is 1.84 bits per heavy atom. The average molecular weight is 419 g/mol. The van der Waals surface area contributed by atoms with Crippen molar-refractivity contribution in [3.05, 3.63) is 54.1 Å². The Bertz CT molecular complexity index is 1040. The Balaban J connectivity index is 1.96. The highest BCUT2D eigenvalue weighted by molar-refractivity contribution is 6.12. The number of ketones is 1. The molecule has 1 heterocycles. The van der Waals surface area contributed by atoms with Crippen LogP contribution < -0.4 is 9.64 Å². The van der Waals surface area contributed by atoms with E-state index in [0.29, 0.717) is 13.0 Å². The third-order valence-corrected chi connectivity index (χ3v) is 6.06. The van der Waals surface area contributed by atoms with Gasteiger partial charge < -0.3 is 9.64 Å². The zero-order chi connectivity index (χ0) is 22.2. The van der Waals surface area contributed by atoms with Crippen LogP contribution in [0.4, 0.5) is 11.4 Å². The van der Waals surface area contributed by atoms with Gasteiger partial charge in [-0.2, -0.15) is 0 Å². The molecule has 2 atom stereocenters. The van der Waals surface area contributed by atoms with E-state index in [9.17, 15) is 9.59 Å². The Kier molecular flexibility index (Phi) is 5.69. The standard InChI is InChI=1S/C26H30N2O3/c1-5-14-31-23-13-9-6-10-18(23)25-24-20(15-26(3,4)16-22(24)30)27-19-11-7-8-12-21(19)28(25)17(2)29/h6-13,24-25H,5,14-16H2,1-4H3/t24-,25-/m0/s1. The summed E-state index contributed by atoms with van der Waals surface area (Å²) in [5.74, 6) is 0.244. The molecule has 2 aliphatic rings. The van der Waals surface area contributed by atoms with Crippen molar-refractivity contribution >= 4 is 28.8 Å². The van der Waals surface area contributed by atoms with Gasteiger partial charge in [0, 0.05) is 24.6 Å². The van der Waals surface area contributed by atoms with Crippen LogP contribution in [0.3, 0.4) is 0 Å². The Morgan fingerprint density at radius 3 is 2.58 bits per heavy atom. The maximum Gasteiger partial charge on any atom is 0.224 e. The van der Waals surface area contributed by atoms with Gasteiger partial charge in [0.15, 0.2) is 0 Å². The van der Waals surface area contributed by atoms with E-state index in [1.165, 1.54) is 0 Å². The summed E-state index contributed by atoms with van der Waals surface area (Å²) in [7, 11) is 0. The van der Waals surface area contributed by atoms with E-state index in [1.54, 1.807) is 11.8 Å². The van der Waals surface area contributed by atoms with Gasteiger partial charge >= 0.3 is 0 Å². The quantitative estimate of drug-likeness (QED) is 0.644. The highest BCUT2D eigenvalue weighted by atomic mass is 16.5. The summed E-state index contributed by atoms with van der Waals surface area (Å²) in [4.78, 5) is 33.3. The fourth-order valence-corrected chi connectivity index (χ4v) is 4.87. The summed E-state index contributed by atoms with van der Waals surface area (Å²) >= 11 is 0. The van der Waals surface area contributed by atoms with Crippen LogP contribution >= 0.6 is 0 Å². The minimum Gasteiger partial charge on any atom is -0.493 e. The summed E-state index contributed by atoms with van der Waals surface area (Å²) in [6.45, 7) is 8.41. The number of anilines is 1. The van der Waals surface area contributed by atoms with Gasteiger partial charge in [0.1, 0.15) is 11.5 Å². The Labute approximate surface area is 184 Å². The van der Waals surface area contributed by atoms with Crippen LogP contribution in [-0.2, 0) is 9.59 Å². The monoisotopic (exact) mass is 418 g/mol. The molecular formula is C26H30N2O3. The Hall–Kier alpha value is -2.95. The van der Waals surface area contributed by atoms with Gasteiger partial charge in [-0.05, 0) is 36.5 Å². The molecule has 0 N–H and O–H groups in total. The molecule has 2 aromatic rings. The lowest BCUT2D eigenvalue weighted by molar-refractivity contribution is -0.124. The van der Waals surface area contributed by atoms with Gasteiger partial charge in [-0.15, -0.1) is 0 Å². The fourth-order valence-electron chi connectivity index (χ4n) is 4.87. The molecule has 162 valence electrons. The maximum absolute atomic E-state index is 13.6. The van der Waals surface area contributed by atoms with E-state index in [0.717, 1.165) is 41.2 Å². The van der Waals surface area contributed by atoms with Crippen molar-refractivity contribution < 1.29 is 14.3 Å². The normalized spacial score (nSPS) is 22.1. The van der Waals surface area contributed by atoms with Gasteiger partial charge in [0.25, 0.3) is 0 Å². The van der Waals surface area contributed by atoms with E-state index in [1.807, 2.05) is 48.5 Å². The Morgan fingerprint density at radius 1 is 1.13 bits per heavy atom. The minimum atomic E-state index is -0.490. The molecule has 1 amide bonds. The number of ether oxygens (including phenoxy) is 1. The van der Waals surface area contributed by atoms with Gasteiger partial charge in [0.2, 0.25) is 5.91 Å². The van der Waals surface area contributed by atoms with Gasteiger partial charge in [-0.3, -0.25) is 14.6 Å². The number of aliphatic imine (C=N–C) groups is 1. The smallest absolute Gasteiger partial charge is 0.224 e. The summed E-state index contributed by atoms with van der Waals surface area (Å²) < 4.78 is 6.06. The number of rotatable bonds is 4. The van der Waals surface area contributed by atoms with Crippen molar-refractivity contribution in [3.8, 4) is 5.75 Å². The molecule has 0 spiro atoms. The lowest BCUT2D eigenvalue weighted by atomic mass is 9.68. The van der Waals surface area contributed by atoms with Crippen LogP contribution in [0.15, 0.2) is 53.5 Å². The molecule has 0 radical (unpaired) electrons. The van der Waals surface area contributed by atoms with Gasteiger partial charge in [0.05, 0.1) is 29.9 Å². The first kappa shape index (κ1) is 21.3. The molecule has 2 aromatic carbocycles. The number of amides is 1. The molecule has 0 saturated heterocycles. The molecule has 1 saturated carbocycles. The second kappa shape index (κ2) is 8.29. The number of hydrogen-bond donors (Lipinski definition) is 0. The van der Waals surface area contributed by atoms with Crippen molar-refractivity contribution in [2.24, 2.45) is 16.3 Å². The van der Waals surface area contributed by atoms with Crippen LogP contribution in [0.5, 0.6) is 5.75 Å². The lowest BCUT2D eigenvalue weighted by Gasteiger charge is -2.41. The molecular weight excluding hydrogens is 388 g/mol. The van der Waals surface area contributed by atoms with Crippen molar-refractivity contribution in [2.45, 2.75) is 53.0 Å². The van der Waals surface area contributed by atoms with Crippen molar-refractivity contribution in [2.75, 3.05) is 11.5 Å². The SMILES string of the molecule is CCCOc1ccccc1[C@H]1[C@@H]2C(=O)CC(C)(C)CC2=Nc2ccccc2N1C(C)=O. The van der Waals surface area contributed by atoms with E-state index in [-0.39, 0.29) is 17.1 Å². The van der Waals surface area contributed by atoms with Crippen molar-refractivity contribution in [1.29, 1.82) is 0 Å². The first-order valence-corrected chi connectivity index (χ1v) is 11.0. The maximum atomic E-state index is 13.6. The topological polar surface area (TPSA) is 59.0 Å². The average Bonchev–Trinajstić information content (AvgIpc) is 2.85. The third-order valence-electron chi connectivity index (χ3n) is 6.06. The van der Waals surface area contributed by atoms with Crippen LogP contribution in [0, 0.1) is 11.3 Å². The number of benzene rings is 2. The van der Waals surface area contributed by atoms with Gasteiger partial charge in [-0.25, -0.2) is 0 Å². The van der Waals surface area contributed by atoms with E-state index in [4.69, 9.17) is 9.73 Å². The zero-order valence-corrected chi connectivity index (χ0v) is 18.7. The number of hydrogen-bond acceptors (Lipinski definition) is 4. The second-order valence-corrected chi connectivity index (χ2v) is 9.27. The highest BCUT2D eigenvalue weighted by Crippen LogP contribution is 2.49. The number of carbonyl (C=O) groups excluding carboxylic acids is 2. The predicted octanol–water partition coefficient (Wildman–Crippen LogP) is 5.66. The van der Waals surface area contributed by atoms with E-state index < -0.39 is 12.0 Å². The minimum absolute atomic E-state index is 0.114. The van der Waals surface area contributed by atoms with Crippen LogP contribution in [0.25, 0.3) is 0 Å². The number of para-hydroxylation sites is 3. The highest BCUT2D eigenvalue weighted by Gasteiger charge is 2.48. The van der Waals surface area contributed by atoms with Crippen LogP contribution in [0.1, 0.15) is 58.6 Å². The molecule has 1 aliphatic heterocycles. The molecule has 5 heteroatoms. The van der Waals surface area contributed by atoms with Crippen molar-refractivity contribution in [3.63, 3.8) is 0 Å². The first-order valence-electron chi connectivity index (χ1n) is 11.0. The van der Waals surface area contributed by atoms with Crippen LogP contribution in [-0.4, -0.2) is 24.0 Å². The molecule has 0 aromatic heterocycles. The van der Waals surface area contributed by atoms with E-state index in [2.05, 4.69) is 20.8 Å². The number of carbonyl (C=O) groups is 2. The molecule has 0 bridgehead atoms. The number of Topliss-reactive ketones (excluding diaryl/α,β-unsaturated/α-hetero) is 1. The summed E-state index contributed by atoms with van der Waals surface area (Å²) in [6, 6.07) is 14.9. The summed E-state index contributed by atoms with van der Waals surface area (Å²) in [5, 5.41) is 0. The second-order valence-electron chi connectivity index (χ2n) is 9.27. The van der Waals surface area contributed by atoms with Gasteiger partial charge in [-0.1, -0.05) is 51.1 Å². The summed E-state index contributed by atoms with van der Waals surface area (Å²) in [6.07, 6.45) is 2.06. The largest absolute Gasteiger partial charge is 0.493 e. The summed E-state index contributed by atoms with van der Waals surface area (Å²) in [5.41, 5.74) is 3.02. The van der Waals surface area contributed by atoms with E-state index >= 15 is 0 Å². The molecule has 1 aliphatic carbocycles. The van der Waals surface area contributed by atoms with Crippen LogP contribution in [0.2, 0.25) is 0 Å². The predicted molar refractivity (Wildman–Crippen MR) is 123 cm³/mol. The molecule has 5 nitrogen and oxygen atoms in total. The molecule has 1 fully saturated rings. The lowest BCUT2D eigenvalue weighted by Crippen LogP contribution is -2.47.